The molecule has 0 saturated carbocycles. The fourth-order valence-corrected chi connectivity index (χ4v) is 3.25. The molecule has 7 nitrogen and oxygen atoms in total. The molecule has 2 heterocycles. The van der Waals surface area contributed by atoms with E-state index in [1.54, 1.807) is 37.4 Å². The van der Waals surface area contributed by atoms with Gasteiger partial charge < -0.3 is 19.0 Å². The number of carbonyl (C=O) groups excluding carboxylic acids is 1. The summed E-state index contributed by atoms with van der Waals surface area (Å²) in [6.45, 7) is 0. The molecule has 0 aliphatic carbocycles. The molecule has 8 heteroatoms. The minimum Gasteiger partial charge on any atom is -0.496 e. The van der Waals surface area contributed by atoms with Crippen LogP contribution in [0.15, 0.2) is 64.1 Å². The highest BCUT2D eigenvalue weighted by Crippen LogP contribution is 2.30. The fourth-order valence-electron chi connectivity index (χ4n) is 2.99. The third-order valence-corrected chi connectivity index (χ3v) is 4.75. The number of halogens is 1. The zero-order valence-electron chi connectivity index (χ0n) is 15.1. The Hall–Kier alpha value is -3.45. The Bertz CT molecular complexity index is 1240. The second kappa shape index (κ2) is 6.94. The highest BCUT2D eigenvalue weighted by Gasteiger charge is 2.17. The van der Waals surface area contributed by atoms with Crippen LogP contribution in [0.2, 0.25) is 5.02 Å². The van der Waals surface area contributed by atoms with Crippen LogP contribution in [0, 0.1) is 0 Å². The summed E-state index contributed by atoms with van der Waals surface area (Å²) in [4.78, 5) is 24.4. The number of benzene rings is 2. The maximum absolute atomic E-state index is 12.8. The first-order chi connectivity index (χ1) is 13.5. The molecule has 28 heavy (non-hydrogen) atoms. The first kappa shape index (κ1) is 17.9. The van der Waals surface area contributed by atoms with E-state index in [1.165, 1.54) is 11.7 Å². The molecule has 0 fully saturated rings. The van der Waals surface area contributed by atoms with Gasteiger partial charge in [-0.05, 0) is 30.3 Å². The maximum atomic E-state index is 12.8. The lowest BCUT2D eigenvalue weighted by molar-refractivity contribution is 0.102. The largest absolute Gasteiger partial charge is 0.496 e. The number of nitrogens with one attached hydrogen (secondary N) is 1. The summed E-state index contributed by atoms with van der Waals surface area (Å²) < 4.78 is 13.8. The minimum atomic E-state index is -0.465. The molecule has 2 aromatic carbocycles. The summed E-state index contributed by atoms with van der Waals surface area (Å²) in [5.74, 6) is -0.471. The average molecular weight is 398 g/mol. The van der Waals surface area contributed by atoms with E-state index in [1.807, 2.05) is 29.1 Å². The number of amides is 1. The molecular formula is C20H16ClN3O4. The number of oxazole rings is 1. The number of aryl methyl sites for hydroxylation is 1. The highest BCUT2D eigenvalue weighted by molar-refractivity contribution is 6.33. The fraction of sp³-hybridized carbons (Fsp3) is 0.100. The van der Waals surface area contributed by atoms with Crippen LogP contribution in [0.4, 0.5) is 5.69 Å². The van der Waals surface area contributed by atoms with Gasteiger partial charge in [0, 0.05) is 37.3 Å². The van der Waals surface area contributed by atoms with E-state index in [2.05, 4.69) is 5.32 Å². The molecule has 2 aromatic heterocycles. The van der Waals surface area contributed by atoms with Gasteiger partial charge >= 0.3 is 5.76 Å². The SMILES string of the molecule is COc1cc(-n2cccc2)c(Cl)cc1C(=O)Nc1ccc2c(c1)oc(=O)n2C. The van der Waals surface area contributed by atoms with Crippen molar-refractivity contribution < 1.29 is 13.9 Å². The van der Waals surface area contributed by atoms with Gasteiger partial charge in [0.2, 0.25) is 0 Å². The van der Waals surface area contributed by atoms with Crippen molar-refractivity contribution in [2.45, 2.75) is 0 Å². The lowest BCUT2D eigenvalue weighted by Gasteiger charge is -2.13. The van der Waals surface area contributed by atoms with Crippen LogP contribution in [-0.4, -0.2) is 22.2 Å². The number of hydrogen-bond acceptors (Lipinski definition) is 4. The summed E-state index contributed by atoms with van der Waals surface area (Å²) in [5, 5.41) is 3.19. The van der Waals surface area contributed by atoms with Gasteiger partial charge in [-0.3, -0.25) is 9.36 Å². The van der Waals surface area contributed by atoms with Crippen molar-refractivity contribution in [2.24, 2.45) is 7.05 Å². The molecule has 142 valence electrons. The van der Waals surface area contributed by atoms with Gasteiger partial charge in [0.05, 0.1) is 28.9 Å². The van der Waals surface area contributed by atoms with Crippen LogP contribution in [0.3, 0.4) is 0 Å². The Labute approximate surface area is 164 Å². The molecule has 0 atom stereocenters. The van der Waals surface area contributed by atoms with E-state index >= 15 is 0 Å². The minimum absolute atomic E-state index is 0.290. The van der Waals surface area contributed by atoms with E-state index in [-0.39, 0.29) is 5.56 Å². The maximum Gasteiger partial charge on any atom is 0.419 e. The predicted octanol–water partition coefficient (Wildman–Crippen LogP) is 3.84. The van der Waals surface area contributed by atoms with Gasteiger partial charge in [0.1, 0.15) is 5.75 Å². The number of aromatic nitrogens is 2. The number of fused-ring (bicyclic) bond motifs is 1. The number of nitrogens with zero attached hydrogens (tertiary/aromatic N) is 2. The predicted molar refractivity (Wildman–Crippen MR) is 107 cm³/mol. The van der Waals surface area contributed by atoms with Gasteiger partial charge in [-0.25, -0.2) is 4.79 Å². The second-order valence-electron chi connectivity index (χ2n) is 6.16. The first-order valence-corrected chi connectivity index (χ1v) is 8.77. The molecule has 0 bridgehead atoms. The third kappa shape index (κ3) is 3.05. The monoisotopic (exact) mass is 397 g/mol. The quantitative estimate of drug-likeness (QED) is 0.567. The molecule has 0 spiro atoms. The Kier molecular flexibility index (Phi) is 4.44. The van der Waals surface area contributed by atoms with Crippen LogP contribution in [0.25, 0.3) is 16.8 Å². The molecule has 4 aromatic rings. The van der Waals surface area contributed by atoms with Crippen molar-refractivity contribution in [3.05, 3.63) is 76.0 Å². The Morgan fingerprint density at radius 2 is 1.93 bits per heavy atom. The van der Waals surface area contributed by atoms with E-state index in [0.717, 1.165) is 0 Å². The van der Waals surface area contributed by atoms with Crippen LogP contribution in [-0.2, 0) is 7.05 Å². The Morgan fingerprint density at radius 1 is 1.18 bits per heavy atom. The first-order valence-electron chi connectivity index (χ1n) is 8.40. The molecular weight excluding hydrogens is 382 g/mol. The Morgan fingerprint density at radius 3 is 2.64 bits per heavy atom. The number of carbonyl (C=O) groups is 1. The summed E-state index contributed by atoms with van der Waals surface area (Å²) in [5.41, 5.74) is 2.50. The number of ether oxygens (including phenoxy) is 1. The lowest BCUT2D eigenvalue weighted by atomic mass is 10.1. The zero-order chi connectivity index (χ0) is 19.8. The van der Waals surface area contributed by atoms with Crippen molar-refractivity contribution in [3.63, 3.8) is 0 Å². The number of methoxy groups -OCH3 is 1. The van der Waals surface area contributed by atoms with Gasteiger partial charge in [-0.2, -0.15) is 0 Å². The Balaban J connectivity index is 1.68. The average Bonchev–Trinajstić information content (AvgIpc) is 3.30. The standard InChI is InChI=1S/C20H16ClN3O4/c1-23-15-6-5-12(9-18(15)28-20(23)26)22-19(25)13-10-14(21)16(11-17(13)27-2)24-7-3-4-8-24/h3-11H,1-2H3,(H,22,25). The van der Waals surface area contributed by atoms with Gasteiger partial charge in [0.25, 0.3) is 5.91 Å². The van der Waals surface area contributed by atoms with Gasteiger partial charge in [0.15, 0.2) is 5.58 Å². The van der Waals surface area contributed by atoms with Gasteiger partial charge in [-0.15, -0.1) is 0 Å². The normalized spacial score (nSPS) is 11.0. The van der Waals surface area contributed by atoms with E-state index in [4.69, 9.17) is 20.8 Å². The smallest absolute Gasteiger partial charge is 0.419 e. The highest BCUT2D eigenvalue weighted by atomic mass is 35.5. The summed E-state index contributed by atoms with van der Waals surface area (Å²) in [7, 11) is 3.11. The lowest BCUT2D eigenvalue weighted by Crippen LogP contribution is -2.13. The molecule has 0 aliphatic heterocycles. The van der Waals surface area contributed by atoms with Crippen LogP contribution < -0.4 is 15.8 Å². The van der Waals surface area contributed by atoms with E-state index in [9.17, 15) is 9.59 Å². The molecule has 0 unspecified atom stereocenters. The summed E-state index contributed by atoms with van der Waals surface area (Å²) >= 11 is 6.39. The molecule has 0 aliphatic rings. The van der Waals surface area contributed by atoms with Crippen LogP contribution in [0.1, 0.15) is 10.4 Å². The van der Waals surface area contributed by atoms with Crippen molar-refractivity contribution >= 4 is 34.3 Å². The van der Waals surface area contributed by atoms with Crippen molar-refractivity contribution in [1.82, 2.24) is 9.13 Å². The zero-order valence-corrected chi connectivity index (χ0v) is 15.9. The number of anilines is 1. The van der Waals surface area contributed by atoms with Gasteiger partial charge in [-0.1, -0.05) is 11.6 Å². The van der Waals surface area contributed by atoms with E-state index < -0.39 is 11.7 Å². The number of rotatable bonds is 4. The van der Waals surface area contributed by atoms with Crippen molar-refractivity contribution in [2.75, 3.05) is 12.4 Å². The summed E-state index contributed by atoms with van der Waals surface area (Å²) in [6.07, 6.45) is 3.70. The van der Waals surface area contributed by atoms with Crippen molar-refractivity contribution in [3.8, 4) is 11.4 Å². The third-order valence-electron chi connectivity index (χ3n) is 4.45. The molecule has 0 saturated heterocycles. The van der Waals surface area contributed by atoms with E-state index in [0.29, 0.717) is 33.2 Å². The van der Waals surface area contributed by atoms with Crippen LogP contribution >= 0.6 is 11.6 Å². The molecule has 1 N–H and O–H groups in total. The second-order valence-corrected chi connectivity index (χ2v) is 6.57. The molecule has 4 rings (SSSR count). The topological polar surface area (TPSA) is 78.4 Å². The van der Waals surface area contributed by atoms with Crippen molar-refractivity contribution in [1.29, 1.82) is 0 Å². The number of hydrogen-bond donors (Lipinski definition) is 1. The summed E-state index contributed by atoms with van der Waals surface area (Å²) in [6, 6.07) is 12.0. The molecule has 1 amide bonds. The van der Waals surface area contributed by atoms with Crippen LogP contribution in [0.5, 0.6) is 5.75 Å². The molecule has 0 radical (unpaired) electrons.